The van der Waals surface area contributed by atoms with E-state index in [0.717, 1.165) is 51.4 Å². The topological polar surface area (TPSA) is 99.1 Å². The summed E-state index contributed by atoms with van der Waals surface area (Å²) >= 11 is 0. The molecule has 0 spiro atoms. The van der Waals surface area contributed by atoms with Gasteiger partial charge in [-0.15, -0.1) is 0 Å². The fourth-order valence-electron chi connectivity index (χ4n) is 8.27. The summed E-state index contributed by atoms with van der Waals surface area (Å²) in [6.45, 7) is 4.77. The summed E-state index contributed by atoms with van der Waals surface area (Å²) in [6.07, 6.45) is 51.3. The first-order valence-electron chi connectivity index (χ1n) is 26.7. The predicted octanol–water partition coefficient (Wildman–Crippen LogP) is 15.4. The van der Waals surface area contributed by atoms with Crippen molar-refractivity contribution in [2.24, 2.45) is 0 Å². The number of hydrogen-bond donors (Lipinski definition) is 1. The van der Waals surface area contributed by atoms with Crippen LogP contribution in [-0.4, -0.2) is 80.6 Å². The Morgan fingerprint density at radius 3 is 1.16 bits per heavy atom. The second-order valence-corrected chi connectivity index (χ2v) is 19.5. The van der Waals surface area contributed by atoms with E-state index in [1.54, 1.807) is 0 Å². The third-order valence-electron chi connectivity index (χ3n) is 12.4. The zero-order chi connectivity index (χ0) is 45.6. The molecule has 0 amide bonds. The van der Waals surface area contributed by atoms with Gasteiger partial charge in [0.25, 0.3) is 0 Å². The Morgan fingerprint density at radius 2 is 0.806 bits per heavy atom. The Labute approximate surface area is 384 Å². The number of carbonyl (C=O) groups is 3. The van der Waals surface area contributed by atoms with Gasteiger partial charge >= 0.3 is 17.9 Å². The summed E-state index contributed by atoms with van der Waals surface area (Å²) in [7, 11) is 5.54. The maximum atomic E-state index is 12.8. The zero-order valence-electron chi connectivity index (χ0n) is 41.9. The molecule has 8 heteroatoms. The highest BCUT2D eigenvalue weighted by molar-refractivity contribution is 5.72. The summed E-state index contributed by atoms with van der Waals surface area (Å²) in [5.74, 6) is -1.46. The number of nitrogens with zero attached hydrogens (tertiary/aromatic N) is 1. The van der Waals surface area contributed by atoms with Crippen molar-refractivity contribution in [2.45, 2.75) is 276 Å². The number of rotatable bonds is 49. The molecule has 0 bridgehead atoms. The summed E-state index contributed by atoms with van der Waals surface area (Å²) in [5.41, 5.74) is 0. The number of allylic oxidation sites excluding steroid dienone is 2. The van der Waals surface area contributed by atoms with Gasteiger partial charge in [-0.05, 0) is 38.5 Å². The molecule has 0 radical (unpaired) electrons. The quantitative estimate of drug-likeness (QED) is 0.0281. The first kappa shape index (κ1) is 60.1. The molecule has 0 heterocycles. The number of ether oxygens (including phenoxy) is 3. The molecule has 0 aromatic heterocycles. The van der Waals surface area contributed by atoms with E-state index in [9.17, 15) is 19.5 Å². The molecular weight excluding hydrogens is 775 g/mol. The molecule has 0 fully saturated rings. The Hall–Kier alpha value is -1.93. The molecule has 0 aromatic rings. The van der Waals surface area contributed by atoms with E-state index >= 15 is 0 Å². The third-order valence-corrected chi connectivity index (χ3v) is 12.4. The summed E-state index contributed by atoms with van der Waals surface area (Å²) in [6, 6.07) is -0.612. The number of carboxylic acid groups (broad SMARTS) is 1. The van der Waals surface area contributed by atoms with Crippen molar-refractivity contribution >= 4 is 17.9 Å². The molecule has 0 aliphatic heterocycles. The summed E-state index contributed by atoms with van der Waals surface area (Å²) in [4.78, 5) is 37.1. The van der Waals surface area contributed by atoms with Crippen molar-refractivity contribution in [3.8, 4) is 0 Å². The highest BCUT2D eigenvalue weighted by Gasteiger charge is 2.31. The Kier molecular flexibility index (Phi) is 44.2. The van der Waals surface area contributed by atoms with Gasteiger partial charge in [0, 0.05) is 19.3 Å². The maximum absolute atomic E-state index is 12.8. The van der Waals surface area contributed by atoms with Crippen LogP contribution in [0.4, 0.5) is 0 Å². The lowest BCUT2D eigenvalue weighted by atomic mass is 10.0. The second-order valence-electron chi connectivity index (χ2n) is 19.5. The van der Waals surface area contributed by atoms with Crippen LogP contribution in [0.15, 0.2) is 12.2 Å². The van der Waals surface area contributed by atoms with Crippen LogP contribution in [0.2, 0.25) is 0 Å². The number of carboxylic acids is 1. The van der Waals surface area contributed by atoms with E-state index in [1.807, 2.05) is 21.1 Å². The SMILES string of the molecule is CCCCCCC/C=C\CCCCCCCC(=O)OC(COCCC(C(=O)O)[N+](C)(C)C)COC(=O)CCCCCCCCCCCCCCCCCCCCCCCCCC. The van der Waals surface area contributed by atoms with Gasteiger partial charge in [0.1, 0.15) is 6.61 Å². The van der Waals surface area contributed by atoms with Gasteiger partial charge in [0.2, 0.25) is 0 Å². The van der Waals surface area contributed by atoms with Crippen LogP contribution in [0.3, 0.4) is 0 Å². The van der Waals surface area contributed by atoms with E-state index in [4.69, 9.17) is 14.2 Å². The Morgan fingerprint density at radius 1 is 0.468 bits per heavy atom. The number of aliphatic carboxylic acids is 1. The molecular formula is C54H104NO7+. The molecule has 0 saturated carbocycles. The highest BCUT2D eigenvalue weighted by atomic mass is 16.6. The van der Waals surface area contributed by atoms with Crippen LogP contribution in [-0.2, 0) is 28.6 Å². The lowest BCUT2D eigenvalue weighted by molar-refractivity contribution is -0.887. The minimum atomic E-state index is -0.872. The molecule has 2 atom stereocenters. The fourth-order valence-corrected chi connectivity index (χ4v) is 8.27. The van der Waals surface area contributed by atoms with E-state index in [-0.39, 0.29) is 36.2 Å². The van der Waals surface area contributed by atoms with Gasteiger partial charge < -0.3 is 23.8 Å². The van der Waals surface area contributed by atoms with Crippen molar-refractivity contribution < 1.29 is 38.2 Å². The number of unbranched alkanes of at least 4 members (excludes halogenated alkanes) is 33. The third kappa shape index (κ3) is 43.3. The monoisotopic (exact) mass is 879 g/mol. The van der Waals surface area contributed by atoms with Crippen LogP contribution >= 0.6 is 0 Å². The van der Waals surface area contributed by atoms with Crippen molar-refractivity contribution in [1.82, 2.24) is 0 Å². The molecule has 2 unspecified atom stereocenters. The largest absolute Gasteiger partial charge is 0.477 e. The van der Waals surface area contributed by atoms with Gasteiger partial charge in [0.15, 0.2) is 12.1 Å². The molecule has 366 valence electrons. The Bertz CT molecular complexity index is 1020. The second kappa shape index (κ2) is 45.6. The maximum Gasteiger partial charge on any atom is 0.362 e. The van der Waals surface area contributed by atoms with Gasteiger partial charge in [-0.1, -0.05) is 219 Å². The fraction of sp³-hybridized carbons (Fsp3) is 0.907. The normalized spacial score (nSPS) is 12.9. The molecule has 0 aliphatic carbocycles. The smallest absolute Gasteiger partial charge is 0.362 e. The van der Waals surface area contributed by atoms with Crippen LogP contribution < -0.4 is 0 Å². The number of esters is 2. The summed E-state index contributed by atoms with van der Waals surface area (Å²) in [5, 5.41) is 9.65. The van der Waals surface area contributed by atoms with E-state index < -0.39 is 18.1 Å². The first-order chi connectivity index (χ1) is 30.1. The van der Waals surface area contributed by atoms with Crippen molar-refractivity contribution in [3.63, 3.8) is 0 Å². The molecule has 62 heavy (non-hydrogen) atoms. The van der Waals surface area contributed by atoms with Gasteiger partial charge in [-0.25, -0.2) is 4.79 Å². The number of hydrogen-bond acceptors (Lipinski definition) is 6. The van der Waals surface area contributed by atoms with Crippen molar-refractivity contribution in [2.75, 3.05) is 41.0 Å². The van der Waals surface area contributed by atoms with Gasteiger partial charge in [-0.3, -0.25) is 9.59 Å². The van der Waals surface area contributed by atoms with Crippen molar-refractivity contribution in [1.29, 1.82) is 0 Å². The molecule has 0 aromatic carbocycles. The van der Waals surface area contributed by atoms with Gasteiger partial charge in [-0.2, -0.15) is 0 Å². The lowest BCUT2D eigenvalue weighted by Crippen LogP contribution is -2.50. The number of carbonyl (C=O) groups excluding carboxylic acids is 2. The first-order valence-corrected chi connectivity index (χ1v) is 26.7. The van der Waals surface area contributed by atoms with E-state index in [0.29, 0.717) is 19.3 Å². The number of likely N-dealkylation sites (N-methyl/N-ethyl adjacent to an activating group) is 1. The molecule has 0 aliphatic rings. The van der Waals surface area contributed by atoms with Crippen LogP contribution in [0.1, 0.15) is 264 Å². The molecule has 1 N–H and O–H groups in total. The standard InChI is InChI=1S/C54H103NO7/c1-6-8-10-12-14-16-18-20-22-23-24-25-26-27-28-29-30-31-33-34-36-38-40-42-44-52(56)61-49-50(48-60-47-46-51(54(58)59)55(3,4)5)62-53(57)45-43-41-39-37-35-32-21-19-17-15-13-11-9-7-2/h19,21,50-51H,6-18,20,22-49H2,1-5H3/p+1/b21-19-. The van der Waals surface area contributed by atoms with E-state index in [1.165, 1.54) is 180 Å². The average molecular weight is 879 g/mol. The average Bonchev–Trinajstić information content (AvgIpc) is 3.23. The van der Waals surface area contributed by atoms with Crippen LogP contribution in [0.25, 0.3) is 0 Å². The lowest BCUT2D eigenvalue weighted by Gasteiger charge is -2.31. The Balaban J connectivity index is 4.11. The van der Waals surface area contributed by atoms with E-state index in [2.05, 4.69) is 26.0 Å². The minimum absolute atomic E-state index is 0.0477. The zero-order valence-corrected chi connectivity index (χ0v) is 41.9. The summed E-state index contributed by atoms with van der Waals surface area (Å²) < 4.78 is 17.4. The van der Waals surface area contributed by atoms with Crippen LogP contribution in [0, 0.1) is 0 Å². The van der Waals surface area contributed by atoms with Gasteiger partial charge in [0.05, 0.1) is 34.4 Å². The van der Waals surface area contributed by atoms with Crippen molar-refractivity contribution in [3.05, 3.63) is 12.2 Å². The molecule has 8 nitrogen and oxygen atoms in total. The highest BCUT2D eigenvalue weighted by Crippen LogP contribution is 2.17. The molecule has 0 rings (SSSR count). The number of quaternary nitrogens is 1. The molecule has 0 saturated heterocycles. The van der Waals surface area contributed by atoms with Crippen LogP contribution in [0.5, 0.6) is 0 Å². The minimum Gasteiger partial charge on any atom is -0.477 e. The predicted molar refractivity (Wildman–Crippen MR) is 262 cm³/mol.